The number of amides is 1. The van der Waals surface area contributed by atoms with E-state index in [1.807, 2.05) is 31.2 Å². The third kappa shape index (κ3) is 2.50. The highest BCUT2D eigenvalue weighted by Crippen LogP contribution is 2.49. The van der Waals surface area contributed by atoms with E-state index >= 15 is 0 Å². The molecule has 0 aromatic heterocycles. The first kappa shape index (κ1) is 12.1. The Labute approximate surface area is 102 Å². The molecule has 3 heteroatoms. The van der Waals surface area contributed by atoms with Crippen LogP contribution in [0.4, 0.5) is 5.69 Å². The van der Waals surface area contributed by atoms with Crippen LogP contribution in [0.3, 0.4) is 0 Å². The van der Waals surface area contributed by atoms with Crippen LogP contribution < -0.4 is 11.1 Å². The number of carbonyl (C=O) groups is 1. The van der Waals surface area contributed by atoms with E-state index in [9.17, 15) is 4.79 Å². The van der Waals surface area contributed by atoms with Crippen molar-refractivity contribution in [2.24, 2.45) is 11.1 Å². The van der Waals surface area contributed by atoms with Crippen molar-refractivity contribution in [2.75, 3.05) is 5.32 Å². The standard InChI is InChI=1S/C14H20N2O/c1-3-14(8-9-14)13(17)16-12-6-4-11(5-7-12)10(2)15/h4-7,10H,3,8-9,15H2,1-2H3,(H,16,17). The summed E-state index contributed by atoms with van der Waals surface area (Å²) in [6, 6.07) is 7.80. The van der Waals surface area contributed by atoms with Gasteiger partial charge in [0.25, 0.3) is 0 Å². The van der Waals surface area contributed by atoms with Crippen LogP contribution in [-0.2, 0) is 4.79 Å². The first-order chi connectivity index (χ1) is 8.07. The van der Waals surface area contributed by atoms with Crippen molar-refractivity contribution in [3.63, 3.8) is 0 Å². The van der Waals surface area contributed by atoms with Crippen molar-refractivity contribution >= 4 is 11.6 Å². The molecule has 3 N–H and O–H groups in total. The first-order valence-corrected chi connectivity index (χ1v) is 6.24. The summed E-state index contributed by atoms with van der Waals surface area (Å²) in [4.78, 5) is 12.0. The Hall–Kier alpha value is -1.35. The van der Waals surface area contributed by atoms with E-state index in [0.29, 0.717) is 0 Å². The summed E-state index contributed by atoms with van der Waals surface area (Å²) in [5.41, 5.74) is 7.64. The summed E-state index contributed by atoms with van der Waals surface area (Å²) in [6.45, 7) is 4.02. The lowest BCUT2D eigenvalue weighted by atomic mass is 10.0. The molecule has 3 nitrogen and oxygen atoms in total. The zero-order valence-corrected chi connectivity index (χ0v) is 10.5. The summed E-state index contributed by atoms with van der Waals surface area (Å²) in [7, 11) is 0. The lowest BCUT2D eigenvalue weighted by molar-refractivity contribution is -0.121. The average Bonchev–Trinajstić information content (AvgIpc) is 3.10. The van der Waals surface area contributed by atoms with Gasteiger partial charge in [0.05, 0.1) is 0 Å². The molecule has 0 aliphatic heterocycles. The predicted octanol–water partition coefficient (Wildman–Crippen LogP) is 2.84. The highest BCUT2D eigenvalue weighted by molar-refractivity contribution is 5.97. The van der Waals surface area contributed by atoms with Crippen LogP contribution in [0.5, 0.6) is 0 Å². The minimum atomic E-state index is -0.0835. The second-order valence-corrected chi connectivity index (χ2v) is 5.00. The quantitative estimate of drug-likeness (QED) is 0.838. The average molecular weight is 232 g/mol. The van der Waals surface area contributed by atoms with Gasteiger partial charge in [0, 0.05) is 17.1 Å². The van der Waals surface area contributed by atoms with Crippen molar-refractivity contribution in [3.05, 3.63) is 29.8 Å². The van der Waals surface area contributed by atoms with Crippen molar-refractivity contribution in [1.82, 2.24) is 0 Å². The van der Waals surface area contributed by atoms with E-state index in [2.05, 4.69) is 12.2 Å². The predicted molar refractivity (Wildman–Crippen MR) is 69.6 cm³/mol. The first-order valence-electron chi connectivity index (χ1n) is 6.24. The molecular formula is C14H20N2O. The zero-order chi connectivity index (χ0) is 12.5. The molecule has 1 aliphatic rings. The maximum absolute atomic E-state index is 12.0. The van der Waals surface area contributed by atoms with Crippen molar-refractivity contribution in [2.45, 2.75) is 39.2 Å². The Bertz CT molecular complexity index is 405. The van der Waals surface area contributed by atoms with Gasteiger partial charge in [-0.15, -0.1) is 0 Å². The Kier molecular flexibility index (Phi) is 3.20. The highest BCUT2D eigenvalue weighted by Gasteiger charge is 2.47. The smallest absolute Gasteiger partial charge is 0.230 e. The van der Waals surface area contributed by atoms with Crippen LogP contribution in [0, 0.1) is 5.41 Å². The molecule has 1 saturated carbocycles. The highest BCUT2D eigenvalue weighted by atomic mass is 16.2. The maximum Gasteiger partial charge on any atom is 0.230 e. The van der Waals surface area contributed by atoms with Gasteiger partial charge in [0.1, 0.15) is 0 Å². The number of benzene rings is 1. The monoisotopic (exact) mass is 232 g/mol. The molecule has 0 bridgehead atoms. The molecule has 1 amide bonds. The van der Waals surface area contributed by atoms with Crippen LogP contribution in [-0.4, -0.2) is 5.91 Å². The van der Waals surface area contributed by atoms with Crippen molar-refractivity contribution in [1.29, 1.82) is 0 Å². The molecule has 1 unspecified atom stereocenters. The second kappa shape index (κ2) is 4.49. The third-order valence-corrected chi connectivity index (χ3v) is 3.71. The molecule has 1 aliphatic carbocycles. The molecule has 17 heavy (non-hydrogen) atoms. The van der Waals surface area contributed by atoms with E-state index in [0.717, 1.165) is 30.5 Å². The minimum absolute atomic E-state index is 0.0326. The molecule has 0 heterocycles. The summed E-state index contributed by atoms with van der Waals surface area (Å²) in [5.74, 6) is 0.161. The molecule has 1 aromatic carbocycles. The molecule has 0 radical (unpaired) electrons. The van der Waals surface area contributed by atoms with Crippen molar-refractivity contribution in [3.8, 4) is 0 Å². The van der Waals surface area contributed by atoms with Gasteiger partial charge in [-0.05, 0) is 43.9 Å². The third-order valence-electron chi connectivity index (χ3n) is 3.71. The van der Waals surface area contributed by atoms with E-state index in [1.165, 1.54) is 0 Å². The maximum atomic E-state index is 12.0. The van der Waals surface area contributed by atoms with Crippen LogP contribution in [0.25, 0.3) is 0 Å². The van der Waals surface area contributed by atoms with Crippen LogP contribution >= 0.6 is 0 Å². The normalized spacial score (nSPS) is 18.5. The van der Waals surface area contributed by atoms with Gasteiger partial charge in [-0.2, -0.15) is 0 Å². The SMILES string of the molecule is CCC1(C(=O)Nc2ccc(C(C)N)cc2)CC1. The number of anilines is 1. The summed E-state index contributed by atoms with van der Waals surface area (Å²) >= 11 is 0. The van der Waals surface area contributed by atoms with Gasteiger partial charge in [0.2, 0.25) is 5.91 Å². The fraction of sp³-hybridized carbons (Fsp3) is 0.500. The molecule has 1 atom stereocenters. The Balaban J connectivity index is 2.02. The molecule has 2 rings (SSSR count). The Morgan fingerprint density at radius 1 is 1.41 bits per heavy atom. The number of rotatable bonds is 4. The number of hydrogen-bond donors (Lipinski definition) is 2. The Morgan fingerprint density at radius 2 is 2.00 bits per heavy atom. The topological polar surface area (TPSA) is 55.1 Å². The van der Waals surface area contributed by atoms with Gasteiger partial charge >= 0.3 is 0 Å². The summed E-state index contributed by atoms with van der Waals surface area (Å²) in [6.07, 6.45) is 2.97. The van der Waals surface area contributed by atoms with Gasteiger partial charge < -0.3 is 11.1 Å². The van der Waals surface area contributed by atoms with Gasteiger partial charge in [-0.3, -0.25) is 4.79 Å². The summed E-state index contributed by atoms with van der Waals surface area (Å²) < 4.78 is 0. The molecule has 0 spiro atoms. The van der Waals surface area contributed by atoms with E-state index in [1.54, 1.807) is 0 Å². The van der Waals surface area contributed by atoms with Crippen LogP contribution in [0.2, 0.25) is 0 Å². The van der Waals surface area contributed by atoms with E-state index < -0.39 is 0 Å². The number of hydrogen-bond acceptors (Lipinski definition) is 2. The lowest BCUT2D eigenvalue weighted by Crippen LogP contribution is -2.23. The fourth-order valence-electron chi connectivity index (χ4n) is 2.03. The largest absolute Gasteiger partial charge is 0.326 e. The van der Waals surface area contributed by atoms with Gasteiger partial charge in [0.15, 0.2) is 0 Å². The molecular weight excluding hydrogens is 212 g/mol. The lowest BCUT2D eigenvalue weighted by Gasteiger charge is -2.13. The number of nitrogens with two attached hydrogens (primary N) is 1. The van der Waals surface area contributed by atoms with Crippen LogP contribution in [0.15, 0.2) is 24.3 Å². The zero-order valence-electron chi connectivity index (χ0n) is 10.5. The minimum Gasteiger partial charge on any atom is -0.326 e. The van der Waals surface area contributed by atoms with Gasteiger partial charge in [-0.1, -0.05) is 19.1 Å². The number of nitrogens with one attached hydrogen (secondary N) is 1. The molecule has 1 fully saturated rings. The second-order valence-electron chi connectivity index (χ2n) is 5.00. The van der Waals surface area contributed by atoms with Crippen molar-refractivity contribution < 1.29 is 4.79 Å². The van der Waals surface area contributed by atoms with E-state index in [4.69, 9.17) is 5.73 Å². The van der Waals surface area contributed by atoms with Crippen LogP contribution in [0.1, 0.15) is 44.7 Å². The van der Waals surface area contributed by atoms with Gasteiger partial charge in [-0.25, -0.2) is 0 Å². The Morgan fingerprint density at radius 3 is 2.41 bits per heavy atom. The summed E-state index contributed by atoms with van der Waals surface area (Å²) in [5, 5.41) is 2.98. The molecule has 1 aromatic rings. The number of carbonyl (C=O) groups excluding carboxylic acids is 1. The molecule has 0 saturated heterocycles. The molecule has 92 valence electrons. The fourth-order valence-corrected chi connectivity index (χ4v) is 2.03. The van der Waals surface area contributed by atoms with E-state index in [-0.39, 0.29) is 17.4 Å².